The topological polar surface area (TPSA) is 20.2 Å². The number of allylic oxidation sites excluding steroid dienone is 2. The van der Waals surface area contributed by atoms with Gasteiger partial charge in [-0.25, -0.2) is 0 Å². The molecule has 0 saturated heterocycles. The van der Waals surface area contributed by atoms with Gasteiger partial charge in [-0.2, -0.15) is 0 Å². The van der Waals surface area contributed by atoms with Crippen LogP contribution in [-0.4, -0.2) is 10.7 Å². The van der Waals surface area contributed by atoms with Crippen LogP contribution in [0.3, 0.4) is 0 Å². The van der Waals surface area contributed by atoms with Gasteiger partial charge >= 0.3 is 0 Å². The zero-order valence-corrected chi connectivity index (χ0v) is 14.0. The molecule has 0 spiro atoms. The molecule has 0 aromatic rings. The quantitative estimate of drug-likeness (QED) is 0.549. The lowest BCUT2D eigenvalue weighted by Crippen LogP contribution is -2.53. The van der Waals surface area contributed by atoms with Gasteiger partial charge in [-0.3, -0.25) is 0 Å². The highest BCUT2D eigenvalue weighted by Crippen LogP contribution is 2.66. The van der Waals surface area contributed by atoms with Crippen LogP contribution in [0.4, 0.5) is 0 Å². The molecular formula is C21H30O. The van der Waals surface area contributed by atoms with Gasteiger partial charge in [0.15, 0.2) is 0 Å². The van der Waals surface area contributed by atoms with Crippen molar-refractivity contribution in [1.29, 1.82) is 0 Å². The molecule has 0 aromatic carbocycles. The second-order valence-corrected chi connectivity index (χ2v) is 8.38. The van der Waals surface area contributed by atoms with Crippen molar-refractivity contribution in [2.75, 3.05) is 0 Å². The Kier molecular flexibility index (Phi) is 3.46. The van der Waals surface area contributed by atoms with E-state index >= 15 is 0 Å². The van der Waals surface area contributed by atoms with Crippen molar-refractivity contribution < 1.29 is 5.11 Å². The van der Waals surface area contributed by atoms with Crippen molar-refractivity contribution in [2.45, 2.75) is 76.7 Å². The van der Waals surface area contributed by atoms with Gasteiger partial charge in [0.2, 0.25) is 0 Å². The summed E-state index contributed by atoms with van der Waals surface area (Å²) in [5, 5.41) is 11.1. The van der Waals surface area contributed by atoms with E-state index < -0.39 is 5.60 Å². The lowest BCUT2D eigenvalue weighted by Gasteiger charge is -2.56. The Labute approximate surface area is 135 Å². The summed E-state index contributed by atoms with van der Waals surface area (Å²) in [4.78, 5) is 0. The number of fused-ring (bicyclic) bond motifs is 5. The molecule has 0 aliphatic heterocycles. The first-order chi connectivity index (χ1) is 10.6. The van der Waals surface area contributed by atoms with Gasteiger partial charge in [0.05, 0.1) is 0 Å². The van der Waals surface area contributed by atoms with Crippen molar-refractivity contribution >= 4 is 0 Å². The van der Waals surface area contributed by atoms with E-state index in [-0.39, 0.29) is 5.41 Å². The molecule has 6 atom stereocenters. The van der Waals surface area contributed by atoms with E-state index in [1.165, 1.54) is 38.5 Å². The predicted molar refractivity (Wildman–Crippen MR) is 90.1 cm³/mol. The van der Waals surface area contributed by atoms with Gasteiger partial charge in [0.1, 0.15) is 5.60 Å². The minimum atomic E-state index is -0.833. The SMILES string of the molecule is C#CC1(O)CC[C@H]2[C@@H]3CCC4=CCCC[C@@H]4[C@H]3CC[C@@]21CC. The summed E-state index contributed by atoms with van der Waals surface area (Å²) >= 11 is 0. The van der Waals surface area contributed by atoms with E-state index in [9.17, 15) is 5.11 Å². The number of hydrogen-bond acceptors (Lipinski definition) is 1. The number of aliphatic hydroxyl groups is 1. The molecule has 120 valence electrons. The normalized spacial score (nSPS) is 50.3. The van der Waals surface area contributed by atoms with Crippen molar-refractivity contribution in [3.8, 4) is 12.3 Å². The predicted octanol–water partition coefficient (Wildman–Crippen LogP) is 4.70. The summed E-state index contributed by atoms with van der Waals surface area (Å²) in [7, 11) is 0. The lowest BCUT2D eigenvalue weighted by atomic mass is 9.49. The molecule has 3 saturated carbocycles. The maximum absolute atomic E-state index is 11.1. The zero-order valence-electron chi connectivity index (χ0n) is 14.0. The van der Waals surface area contributed by atoms with Crippen LogP contribution in [0.1, 0.15) is 71.1 Å². The summed E-state index contributed by atoms with van der Waals surface area (Å²) < 4.78 is 0. The Balaban J connectivity index is 1.68. The Morgan fingerprint density at radius 2 is 2.09 bits per heavy atom. The van der Waals surface area contributed by atoms with Crippen LogP contribution in [0.5, 0.6) is 0 Å². The Morgan fingerprint density at radius 1 is 1.23 bits per heavy atom. The van der Waals surface area contributed by atoms with Gasteiger partial charge in [-0.05, 0) is 87.9 Å². The molecule has 1 unspecified atom stereocenters. The summed E-state index contributed by atoms with van der Waals surface area (Å²) in [6.07, 6.45) is 20.6. The smallest absolute Gasteiger partial charge is 0.131 e. The summed E-state index contributed by atoms with van der Waals surface area (Å²) in [5.41, 5.74) is 0.959. The molecule has 22 heavy (non-hydrogen) atoms. The average Bonchev–Trinajstić information content (AvgIpc) is 2.89. The number of terminal acetylenes is 1. The third-order valence-electron chi connectivity index (χ3n) is 8.10. The van der Waals surface area contributed by atoms with Crippen LogP contribution >= 0.6 is 0 Å². The average molecular weight is 298 g/mol. The van der Waals surface area contributed by atoms with Gasteiger partial charge in [-0.1, -0.05) is 24.5 Å². The van der Waals surface area contributed by atoms with Gasteiger partial charge in [0.25, 0.3) is 0 Å². The highest BCUT2D eigenvalue weighted by atomic mass is 16.3. The maximum atomic E-state index is 11.1. The summed E-state index contributed by atoms with van der Waals surface area (Å²) in [6, 6.07) is 0. The van der Waals surface area contributed by atoms with Crippen LogP contribution in [0.15, 0.2) is 11.6 Å². The lowest BCUT2D eigenvalue weighted by molar-refractivity contribution is -0.0993. The first kappa shape index (κ1) is 14.8. The molecule has 1 nitrogen and oxygen atoms in total. The molecule has 0 heterocycles. The summed E-state index contributed by atoms with van der Waals surface area (Å²) in [5.74, 6) is 6.05. The van der Waals surface area contributed by atoms with Crippen LogP contribution < -0.4 is 0 Å². The molecule has 4 rings (SSSR count). The fraction of sp³-hybridized carbons (Fsp3) is 0.810. The van der Waals surface area contributed by atoms with Crippen molar-refractivity contribution in [1.82, 2.24) is 0 Å². The molecule has 0 bridgehead atoms. The summed E-state index contributed by atoms with van der Waals surface area (Å²) in [6.45, 7) is 2.26. The van der Waals surface area contributed by atoms with Crippen LogP contribution in [0, 0.1) is 41.4 Å². The second kappa shape index (κ2) is 5.13. The molecule has 1 heteroatoms. The van der Waals surface area contributed by atoms with Gasteiger partial charge < -0.3 is 5.11 Å². The van der Waals surface area contributed by atoms with Crippen LogP contribution in [0.25, 0.3) is 0 Å². The second-order valence-electron chi connectivity index (χ2n) is 8.38. The first-order valence-electron chi connectivity index (χ1n) is 9.54. The van der Waals surface area contributed by atoms with E-state index in [0.29, 0.717) is 5.92 Å². The van der Waals surface area contributed by atoms with E-state index in [1.54, 1.807) is 5.57 Å². The van der Waals surface area contributed by atoms with Crippen molar-refractivity contribution in [2.24, 2.45) is 29.1 Å². The molecular weight excluding hydrogens is 268 g/mol. The van der Waals surface area contributed by atoms with E-state index in [1.807, 2.05) is 0 Å². The molecule has 0 aromatic heterocycles. The minimum absolute atomic E-state index is 0.0127. The largest absolute Gasteiger partial charge is 0.377 e. The standard InChI is InChI=1S/C21H30O/c1-3-20-13-11-17-16-8-6-5-7-15(16)9-10-18(17)19(20)12-14-21(20,22)4-2/h2,7,16-19,22H,3,5-6,8-14H2,1H3/t16-,17+,18+,19-,20-,21?/m0/s1. The number of hydrogen-bond donors (Lipinski definition) is 1. The molecule has 0 amide bonds. The molecule has 4 aliphatic carbocycles. The monoisotopic (exact) mass is 298 g/mol. The fourth-order valence-corrected chi connectivity index (χ4v) is 7.08. The van der Waals surface area contributed by atoms with Crippen molar-refractivity contribution in [3.05, 3.63) is 11.6 Å². The molecule has 4 aliphatic rings. The fourth-order valence-electron chi connectivity index (χ4n) is 7.08. The van der Waals surface area contributed by atoms with E-state index in [0.717, 1.165) is 43.4 Å². The Bertz CT molecular complexity index is 527. The highest BCUT2D eigenvalue weighted by molar-refractivity contribution is 5.26. The van der Waals surface area contributed by atoms with E-state index in [4.69, 9.17) is 6.42 Å². The maximum Gasteiger partial charge on any atom is 0.131 e. The highest BCUT2D eigenvalue weighted by Gasteiger charge is 2.63. The van der Waals surface area contributed by atoms with E-state index in [2.05, 4.69) is 18.9 Å². The molecule has 1 N–H and O–H groups in total. The Hall–Kier alpha value is -0.740. The third kappa shape index (κ3) is 1.77. The van der Waals surface area contributed by atoms with Gasteiger partial charge in [-0.15, -0.1) is 6.42 Å². The first-order valence-corrected chi connectivity index (χ1v) is 9.54. The van der Waals surface area contributed by atoms with Crippen molar-refractivity contribution in [3.63, 3.8) is 0 Å². The van der Waals surface area contributed by atoms with Crippen LogP contribution in [-0.2, 0) is 0 Å². The minimum Gasteiger partial charge on any atom is -0.377 e. The Morgan fingerprint density at radius 3 is 2.86 bits per heavy atom. The molecule has 0 radical (unpaired) electrons. The van der Waals surface area contributed by atoms with Crippen LogP contribution in [0.2, 0.25) is 0 Å². The zero-order chi connectivity index (χ0) is 15.4. The van der Waals surface area contributed by atoms with Gasteiger partial charge in [0, 0.05) is 5.41 Å². The number of rotatable bonds is 1. The molecule has 3 fully saturated rings. The third-order valence-corrected chi connectivity index (χ3v) is 8.10.